The van der Waals surface area contributed by atoms with Crippen LogP contribution in [0.25, 0.3) is 0 Å². The Morgan fingerprint density at radius 3 is 0.727 bits per heavy atom. The Bertz CT molecular complexity index is 27.6. The fourth-order valence-corrected chi connectivity index (χ4v) is 1.06. The molecule has 0 radical (unpaired) electrons. The number of hydrogen-bond acceptors (Lipinski definition) is 2. The Morgan fingerprint density at radius 1 is 0.545 bits per heavy atom. The largest absolute Gasteiger partial charge is 2.00 e. The standard InChI is InChI=1S/C6H12.2CH4N.Pt/c1-2-4-6-5-3-1;2*1-2;/h1-6H2;2*1-2H2;/q;2*-1;+2. The summed E-state index contributed by atoms with van der Waals surface area (Å²) < 4.78 is 0. The van der Waals surface area contributed by atoms with E-state index in [1.54, 1.807) is 0 Å². The first-order valence-electron chi connectivity index (χ1n) is 3.82. The predicted octanol–water partition coefficient (Wildman–Crippen LogP) is 1.81. The molecule has 0 saturated heterocycles. The van der Waals surface area contributed by atoms with E-state index in [4.69, 9.17) is 0 Å². The van der Waals surface area contributed by atoms with E-state index in [1.165, 1.54) is 38.5 Å². The minimum Gasteiger partial charge on any atom is -0.486 e. The van der Waals surface area contributed by atoms with Crippen LogP contribution in [0.5, 0.6) is 0 Å². The van der Waals surface area contributed by atoms with E-state index in [0.717, 1.165) is 0 Å². The molecule has 11 heavy (non-hydrogen) atoms. The van der Waals surface area contributed by atoms with E-state index in [2.05, 4.69) is 25.6 Å². The summed E-state index contributed by atoms with van der Waals surface area (Å²) in [5.74, 6) is 0. The van der Waals surface area contributed by atoms with Gasteiger partial charge in [-0.3, -0.25) is 14.1 Å². The van der Waals surface area contributed by atoms with Crippen molar-refractivity contribution in [1.29, 1.82) is 0 Å². The molecule has 1 aliphatic rings. The van der Waals surface area contributed by atoms with Crippen molar-refractivity contribution >= 4 is 0 Å². The van der Waals surface area contributed by atoms with Gasteiger partial charge in [-0.15, -0.1) is 0 Å². The first-order chi connectivity index (χ1) is 5.00. The van der Waals surface area contributed by atoms with Crippen LogP contribution in [0.4, 0.5) is 0 Å². The van der Waals surface area contributed by atoms with E-state index in [-0.39, 0.29) is 21.1 Å². The minimum absolute atomic E-state index is 0. The maximum Gasteiger partial charge on any atom is 2.00 e. The maximum absolute atomic E-state index is 4.25. The zero-order valence-electron chi connectivity index (χ0n) is 7.13. The molecule has 1 aliphatic carbocycles. The van der Waals surface area contributed by atoms with Crippen LogP contribution in [0.15, 0.2) is 0 Å². The normalized spacial score (nSPS) is 14.2. The molecule has 1 fully saturated rings. The van der Waals surface area contributed by atoms with Crippen molar-refractivity contribution in [3.8, 4) is 0 Å². The fraction of sp³-hybridized carbons (Fsp3) is 0.750. The Kier molecular flexibility index (Phi) is 35.9. The van der Waals surface area contributed by atoms with Gasteiger partial charge in [-0.05, 0) is 0 Å². The van der Waals surface area contributed by atoms with Gasteiger partial charge in [-0.25, -0.2) is 0 Å². The molecule has 0 aromatic rings. The Labute approximate surface area is 85.4 Å². The molecule has 1 saturated carbocycles. The first-order valence-corrected chi connectivity index (χ1v) is 3.82. The topological polar surface area (TPSA) is 52.0 Å². The molecule has 0 spiro atoms. The molecular weight excluding hydrogens is 319 g/mol. The van der Waals surface area contributed by atoms with Crippen LogP contribution in [-0.4, -0.2) is 0 Å². The summed E-state index contributed by atoms with van der Waals surface area (Å²) in [6.45, 7) is 0. The molecule has 2 nitrogen and oxygen atoms in total. The molecule has 0 heterocycles. The van der Waals surface area contributed by atoms with Crippen LogP contribution in [-0.2, 0) is 21.1 Å². The van der Waals surface area contributed by atoms with Gasteiger partial charge < -0.3 is 11.5 Å². The zero-order chi connectivity index (χ0) is 8.24. The van der Waals surface area contributed by atoms with Gasteiger partial charge in [0.05, 0.1) is 0 Å². The van der Waals surface area contributed by atoms with Gasteiger partial charge in [0.2, 0.25) is 0 Å². The molecule has 0 bridgehead atoms. The van der Waals surface area contributed by atoms with Crippen molar-refractivity contribution in [2.24, 2.45) is 11.5 Å². The molecule has 3 heteroatoms. The van der Waals surface area contributed by atoms with E-state index >= 15 is 0 Å². The fourth-order valence-electron chi connectivity index (χ4n) is 1.06. The molecule has 0 aromatic heterocycles. The van der Waals surface area contributed by atoms with Gasteiger partial charge in [0.1, 0.15) is 0 Å². The van der Waals surface area contributed by atoms with Crippen molar-refractivity contribution < 1.29 is 21.1 Å². The molecule has 0 aromatic carbocycles. The van der Waals surface area contributed by atoms with Crippen LogP contribution in [0.1, 0.15) is 38.5 Å². The number of rotatable bonds is 0. The summed E-state index contributed by atoms with van der Waals surface area (Å²) in [7, 11) is 5.50. The van der Waals surface area contributed by atoms with Gasteiger partial charge >= 0.3 is 21.1 Å². The molecule has 4 N–H and O–H groups in total. The van der Waals surface area contributed by atoms with Crippen LogP contribution < -0.4 is 11.5 Å². The third kappa shape index (κ3) is 18.0. The summed E-state index contributed by atoms with van der Waals surface area (Å²) in [6.07, 6.45) is 9.00. The van der Waals surface area contributed by atoms with E-state index < -0.39 is 0 Å². The second-order valence-corrected chi connectivity index (χ2v) is 2.12. The van der Waals surface area contributed by atoms with Crippen molar-refractivity contribution in [2.45, 2.75) is 38.5 Å². The summed E-state index contributed by atoms with van der Waals surface area (Å²) in [4.78, 5) is 0. The molecule has 0 aliphatic heterocycles. The summed E-state index contributed by atoms with van der Waals surface area (Å²) in [5, 5.41) is 0. The second kappa shape index (κ2) is 22.4. The number of hydrogen-bond donors (Lipinski definition) is 2. The van der Waals surface area contributed by atoms with Crippen molar-refractivity contribution in [1.82, 2.24) is 0 Å². The van der Waals surface area contributed by atoms with Crippen molar-refractivity contribution in [2.75, 3.05) is 0 Å². The van der Waals surface area contributed by atoms with Crippen LogP contribution in [0.3, 0.4) is 0 Å². The van der Waals surface area contributed by atoms with Crippen LogP contribution in [0, 0.1) is 14.1 Å². The summed E-state index contributed by atoms with van der Waals surface area (Å²) >= 11 is 0. The monoisotopic (exact) mass is 339 g/mol. The van der Waals surface area contributed by atoms with E-state index in [0.29, 0.717) is 0 Å². The van der Waals surface area contributed by atoms with Crippen molar-refractivity contribution in [3.05, 3.63) is 14.1 Å². The van der Waals surface area contributed by atoms with Crippen molar-refractivity contribution in [3.63, 3.8) is 0 Å². The third-order valence-corrected chi connectivity index (χ3v) is 1.50. The zero-order valence-corrected chi connectivity index (χ0v) is 9.40. The smallest absolute Gasteiger partial charge is 0.486 e. The van der Waals surface area contributed by atoms with Gasteiger partial charge in [-0.2, -0.15) is 0 Å². The summed E-state index contributed by atoms with van der Waals surface area (Å²) in [6, 6.07) is 0. The Balaban J connectivity index is -0.000000114. The van der Waals surface area contributed by atoms with Gasteiger partial charge in [0.15, 0.2) is 0 Å². The average Bonchev–Trinajstić information content (AvgIpc) is 2.14. The summed E-state index contributed by atoms with van der Waals surface area (Å²) in [5.41, 5.74) is 8.50. The quantitative estimate of drug-likeness (QED) is 0.662. The Morgan fingerprint density at radius 2 is 0.636 bits per heavy atom. The molecule has 0 unspecified atom stereocenters. The molecule has 0 amide bonds. The minimum atomic E-state index is 0. The Hall–Kier alpha value is 0.608. The molecule has 1 rings (SSSR count). The SMILES string of the molecule is C1CCCCC1.[CH2-]N.[CH2-]N.[Pt+2]. The first kappa shape index (κ1) is 17.6. The predicted molar refractivity (Wildman–Crippen MR) is 46.8 cm³/mol. The third-order valence-electron chi connectivity index (χ3n) is 1.50. The molecule has 72 valence electrons. The van der Waals surface area contributed by atoms with Gasteiger partial charge in [-0.1, -0.05) is 38.5 Å². The molecular formula is C8H20N2Pt. The number of nitrogens with two attached hydrogens (primary N) is 2. The average molecular weight is 339 g/mol. The van der Waals surface area contributed by atoms with Gasteiger partial charge in [0, 0.05) is 0 Å². The van der Waals surface area contributed by atoms with E-state index in [9.17, 15) is 0 Å². The van der Waals surface area contributed by atoms with Gasteiger partial charge in [0.25, 0.3) is 0 Å². The molecule has 0 atom stereocenters. The van der Waals surface area contributed by atoms with Crippen LogP contribution in [0.2, 0.25) is 0 Å². The second-order valence-electron chi connectivity index (χ2n) is 2.12. The van der Waals surface area contributed by atoms with E-state index in [1.807, 2.05) is 0 Å². The maximum atomic E-state index is 4.25. The van der Waals surface area contributed by atoms with Crippen LogP contribution >= 0.6 is 0 Å².